The van der Waals surface area contributed by atoms with Crippen molar-refractivity contribution in [2.75, 3.05) is 5.32 Å². The summed E-state index contributed by atoms with van der Waals surface area (Å²) in [5, 5.41) is 4.62. The van der Waals surface area contributed by atoms with Gasteiger partial charge < -0.3 is 9.73 Å². The predicted octanol–water partition coefficient (Wildman–Crippen LogP) is 3.71. The van der Waals surface area contributed by atoms with Crippen molar-refractivity contribution >= 4 is 28.2 Å². The highest BCUT2D eigenvalue weighted by atomic mass is 32.1. The van der Waals surface area contributed by atoms with Crippen LogP contribution in [0.1, 0.15) is 29.7 Å². The molecule has 1 aromatic carbocycles. The monoisotopic (exact) mass is 359 g/mol. The van der Waals surface area contributed by atoms with Gasteiger partial charge in [0, 0.05) is 30.7 Å². The van der Waals surface area contributed by atoms with Crippen molar-refractivity contribution in [2.45, 2.75) is 19.8 Å². The number of ketones is 1. The number of nitrogens with zero attached hydrogens (tertiary/aromatic N) is 2. The van der Waals surface area contributed by atoms with Gasteiger partial charge in [-0.2, -0.15) is 0 Å². The normalized spacial score (nSPS) is 10.6. The number of carbonyl (C=O) groups excluding carboxylic acids is 2. The number of carbonyl (C=O) groups is 2. The van der Waals surface area contributed by atoms with Crippen molar-refractivity contribution < 1.29 is 18.4 Å². The van der Waals surface area contributed by atoms with E-state index < -0.39 is 0 Å². The largest absolute Gasteiger partial charge is 0.441 e. The summed E-state index contributed by atoms with van der Waals surface area (Å²) >= 11 is 1.20. The number of thiazole rings is 1. The predicted molar refractivity (Wildman–Crippen MR) is 91.0 cm³/mol. The van der Waals surface area contributed by atoms with Crippen LogP contribution in [0.3, 0.4) is 0 Å². The molecule has 0 fully saturated rings. The third-order valence-electron chi connectivity index (χ3n) is 3.36. The van der Waals surface area contributed by atoms with Gasteiger partial charge in [-0.05, 0) is 24.3 Å². The summed E-state index contributed by atoms with van der Waals surface area (Å²) in [7, 11) is 0. The highest BCUT2D eigenvalue weighted by molar-refractivity contribution is 7.14. The maximum Gasteiger partial charge on any atom is 0.226 e. The molecular weight excluding hydrogens is 345 g/mol. The van der Waals surface area contributed by atoms with Gasteiger partial charge in [-0.1, -0.05) is 0 Å². The Morgan fingerprint density at radius 1 is 1.28 bits per heavy atom. The Morgan fingerprint density at radius 2 is 2.04 bits per heavy atom. The fourth-order valence-corrected chi connectivity index (χ4v) is 2.83. The van der Waals surface area contributed by atoms with Crippen molar-refractivity contribution in [1.29, 1.82) is 0 Å². The minimum Gasteiger partial charge on any atom is -0.441 e. The lowest BCUT2D eigenvalue weighted by Gasteiger charge is -2.00. The quantitative estimate of drug-likeness (QED) is 0.678. The first-order valence-corrected chi connectivity index (χ1v) is 8.36. The molecule has 0 bridgehead atoms. The van der Waals surface area contributed by atoms with Gasteiger partial charge in [-0.15, -0.1) is 11.3 Å². The third kappa shape index (κ3) is 4.36. The molecule has 1 amide bonds. The lowest BCUT2D eigenvalue weighted by atomic mass is 10.2. The van der Waals surface area contributed by atoms with Crippen molar-refractivity contribution in [3.05, 3.63) is 53.2 Å². The second kappa shape index (κ2) is 7.35. The number of rotatable bonds is 6. The lowest BCUT2D eigenvalue weighted by Crippen LogP contribution is -2.12. The van der Waals surface area contributed by atoms with E-state index in [-0.39, 0.29) is 23.9 Å². The number of benzene rings is 1. The van der Waals surface area contributed by atoms with E-state index in [9.17, 15) is 14.0 Å². The Morgan fingerprint density at radius 3 is 2.72 bits per heavy atom. The molecule has 0 saturated carbocycles. The van der Waals surface area contributed by atoms with E-state index in [0.29, 0.717) is 34.5 Å². The van der Waals surface area contributed by atoms with E-state index in [2.05, 4.69) is 15.3 Å². The molecule has 2 heterocycles. The highest BCUT2D eigenvalue weighted by Crippen LogP contribution is 2.21. The Balaban J connectivity index is 1.55. The zero-order valence-corrected chi connectivity index (χ0v) is 14.1. The molecule has 0 aliphatic carbocycles. The minimum absolute atomic E-state index is 0.148. The van der Waals surface area contributed by atoms with Crippen LogP contribution in [-0.4, -0.2) is 21.7 Å². The molecule has 8 heteroatoms. The zero-order valence-electron chi connectivity index (χ0n) is 13.3. The molecule has 25 heavy (non-hydrogen) atoms. The Bertz CT molecular complexity index is 902. The van der Waals surface area contributed by atoms with Crippen LogP contribution in [-0.2, 0) is 11.2 Å². The average Bonchev–Trinajstić information content (AvgIpc) is 3.23. The summed E-state index contributed by atoms with van der Waals surface area (Å²) < 4.78 is 18.5. The number of hydrogen-bond acceptors (Lipinski definition) is 6. The third-order valence-corrected chi connectivity index (χ3v) is 4.12. The number of anilines is 1. The van der Waals surface area contributed by atoms with E-state index in [1.54, 1.807) is 23.7 Å². The molecule has 3 aromatic rings. The zero-order chi connectivity index (χ0) is 17.8. The number of oxazole rings is 1. The van der Waals surface area contributed by atoms with Crippen LogP contribution in [0.5, 0.6) is 0 Å². The van der Waals surface area contributed by atoms with Gasteiger partial charge in [0.1, 0.15) is 11.5 Å². The van der Waals surface area contributed by atoms with E-state index in [4.69, 9.17) is 4.42 Å². The number of nitrogens with one attached hydrogen (secondary N) is 1. The van der Waals surface area contributed by atoms with Crippen LogP contribution in [0, 0.1) is 5.82 Å². The number of amides is 1. The molecule has 2 aromatic heterocycles. The van der Waals surface area contributed by atoms with Crippen LogP contribution < -0.4 is 5.32 Å². The van der Waals surface area contributed by atoms with Crippen LogP contribution in [0.4, 0.5) is 9.52 Å². The standard InChI is InChI=1S/C17H14FN3O3S/c1-10(22)13-9-25-17(20-13)21-15(23)6-7-16-19-8-14(24-16)11-2-4-12(18)5-3-11/h2-5,8-9H,6-7H2,1H3,(H,20,21,23). The first-order valence-electron chi connectivity index (χ1n) is 7.48. The van der Waals surface area contributed by atoms with Gasteiger partial charge >= 0.3 is 0 Å². The molecule has 0 spiro atoms. The van der Waals surface area contributed by atoms with E-state index in [0.717, 1.165) is 0 Å². The maximum absolute atomic E-state index is 12.9. The summed E-state index contributed by atoms with van der Waals surface area (Å²) in [6.45, 7) is 1.42. The Labute approximate surface area is 146 Å². The lowest BCUT2D eigenvalue weighted by molar-refractivity contribution is -0.116. The molecule has 0 radical (unpaired) electrons. The SMILES string of the molecule is CC(=O)c1csc(NC(=O)CCc2ncc(-c3ccc(F)cc3)o2)n1. The molecule has 0 unspecified atom stereocenters. The number of aromatic nitrogens is 2. The first-order chi connectivity index (χ1) is 12.0. The van der Waals surface area contributed by atoms with Gasteiger partial charge in [-0.25, -0.2) is 14.4 Å². The van der Waals surface area contributed by atoms with Gasteiger partial charge in [0.25, 0.3) is 0 Å². The summed E-state index contributed by atoms with van der Waals surface area (Å²) in [4.78, 5) is 31.3. The van der Waals surface area contributed by atoms with E-state index in [1.165, 1.54) is 30.4 Å². The summed E-state index contributed by atoms with van der Waals surface area (Å²) in [6.07, 6.45) is 2.02. The van der Waals surface area contributed by atoms with E-state index in [1.807, 2.05) is 0 Å². The fraction of sp³-hybridized carbons (Fsp3) is 0.176. The summed E-state index contributed by atoms with van der Waals surface area (Å²) in [5.74, 6) is 0.214. The highest BCUT2D eigenvalue weighted by Gasteiger charge is 2.12. The molecule has 0 aliphatic rings. The van der Waals surface area contributed by atoms with Crippen molar-refractivity contribution in [3.8, 4) is 11.3 Å². The van der Waals surface area contributed by atoms with Gasteiger partial charge in [0.15, 0.2) is 22.6 Å². The molecule has 0 aliphatic heterocycles. The summed E-state index contributed by atoms with van der Waals surface area (Å²) in [5.41, 5.74) is 1.04. The van der Waals surface area contributed by atoms with Gasteiger partial charge in [0.05, 0.1) is 6.20 Å². The molecule has 3 rings (SSSR count). The number of halogens is 1. The second-order valence-corrected chi connectivity index (χ2v) is 6.13. The maximum atomic E-state index is 12.9. The van der Waals surface area contributed by atoms with Crippen molar-refractivity contribution in [2.24, 2.45) is 0 Å². The van der Waals surface area contributed by atoms with Crippen LogP contribution >= 0.6 is 11.3 Å². The van der Waals surface area contributed by atoms with Gasteiger partial charge in [0.2, 0.25) is 5.91 Å². The molecule has 1 N–H and O–H groups in total. The van der Waals surface area contributed by atoms with E-state index >= 15 is 0 Å². The number of hydrogen-bond donors (Lipinski definition) is 1. The fourth-order valence-electron chi connectivity index (χ4n) is 2.07. The number of aryl methyl sites for hydroxylation is 1. The molecule has 128 valence electrons. The smallest absolute Gasteiger partial charge is 0.226 e. The Kier molecular flexibility index (Phi) is 4.99. The van der Waals surface area contributed by atoms with Crippen molar-refractivity contribution in [1.82, 2.24) is 9.97 Å². The molecular formula is C17H14FN3O3S. The second-order valence-electron chi connectivity index (χ2n) is 5.27. The topological polar surface area (TPSA) is 85.1 Å². The first kappa shape index (κ1) is 17.0. The van der Waals surface area contributed by atoms with Crippen molar-refractivity contribution in [3.63, 3.8) is 0 Å². The van der Waals surface area contributed by atoms with Gasteiger partial charge in [-0.3, -0.25) is 9.59 Å². The summed E-state index contributed by atoms with van der Waals surface area (Å²) in [6, 6.07) is 5.88. The minimum atomic E-state index is -0.324. The van der Waals surface area contributed by atoms with Crippen LogP contribution in [0.2, 0.25) is 0 Å². The molecule has 0 saturated heterocycles. The molecule has 0 atom stereocenters. The number of Topliss-reactive ketones (excluding diaryl/α,β-unsaturated/α-hetero) is 1. The average molecular weight is 359 g/mol. The van der Waals surface area contributed by atoms with Crippen LogP contribution in [0.25, 0.3) is 11.3 Å². The molecule has 6 nitrogen and oxygen atoms in total. The Hall–Kier alpha value is -2.87. The van der Waals surface area contributed by atoms with Crippen LogP contribution in [0.15, 0.2) is 40.3 Å².